The minimum absolute atomic E-state index is 0.0756. The van der Waals surface area contributed by atoms with Crippen LogP contribution < -0.4 is 11.1 Å². The number of fused-ring (bicyclic) bond motifs is 1. The number of amides is 1. The van der Waals surface area contributed by atoms with Crippen molar-refractivity contribution >= 4 is 5.91 Å². The molecule has 0 radical (unpaired) electrons. The fourth-order valence-electron chi connectivity index (χ4n) is 2.71. The normalized spacial score (nSPS) is 22.4. The molecule has 2 aliphatic heterocycles. The van der Waals surface area contributed by atoms with Gasteiger partial charge >= 0.3 is 0 Å². The highest BCUT2D eigenvalue weighted by Crippen LogP contribution is 2.22. The van der Waals surface area contributed by atoms with Gasteiger partial charge in [0.15, 0.2) is 0 Å². The number of hydrogen-bond donors (Lipinski definition) is 2. The number of nitrogens with two attached hydrogens (primary N) is 1. The van der Waals surface area contributed by atoms with Crippen LogP contribution >= 0.6 is 0 Å². The summed E-state index contributed by atoms with van der Waals surface area (Å²) >= 11 is 0. The molecule has 1 unspecified atom stereocenters. The lowest BCUT2D eigenvalue weighted by molar-refractivity contribution is 0.0644. The van der Waals surface area contributed by atoms with Crippen LogP contribution in [-0.4, -0.2) is 43.0 Å². The third kappa shape index (κ3) is 2.36. The Morgan fingerprint density at radius 3 is 3.11 bits per heavy atom. The zero-order chi connectivity index (χ0) is 13.2. The number of benzene rings is 1. The minimum Gasteiger partial charge on any atom is -0.372 e. The van der Waals surface area contributed by atoms with E-state index in [4.69, 9.17) is 10.5 Å². The number of piperazine rings is 1. The highest BCUT2D eigenvalue weighted by atomic mass is 16.5. The van der Waals surface area contributed by atoms with Crippen LogP contribution in [0.3, 0.4) is 0 Å². The molecule has 1 amide bonds. The van der Waals surface area contributed by atoms with Gasteiger partial charge in [0, 0.05) is 31.7 Å². The largest absolute Gasteiger partial charge is 0.372 e. The molecule has 1 atom stereocenters. The van der Waals surface area contributed by atoms with Gasteiger partial charge in [-0.15, -0.1) is 0 Å². The van der Waals surface area contributed by atoms with E-state index in [9.17, 15) is 4.79 Å². The van der Waals surface area contributed by atoms with E-state index in [0.29, 0.717) is 26.3 Å². The number of hydrogen-bond acceptors (Lipinski definition) is 4. The molecule has 3 N–H and O–H groups in total. The molecular formula is C14H19N3O2. The Hall–Kier alpha value is -1.43. The molecule has 0 aromatic heterocycles. The van der Waals surface area contributed by atoms with Gasteiger partial charge in [0.2, 0.25) is 0 Å². The Kier molecular flexibility index (Phi) is 3.50. The summed E-state index contributed by atoms with van der Waals surface area (Å²) in [7, 11) is 0. The van der Waals surface area contributed by atoms with Crippen LogP contribution in [0, 0.1) is 0 Å². The van der Waals surface area contributed by atoms with Crippen molar-refractivity contribution in [3.05, 3.63) is 34.9 Å². The summed E-state index contributed by atoms with van der Waals surface area (Å²) in [6.45, 7) is 4.08. The summed E-state index contributed by atoms with van der Waals surface area (Å²) in [5.74, 6) is 0.0756. The number of rotatable bonds is 2. The highest BCUT2D eigenvalue weighted by molar-refractivity contribution is 5.94. The Morgan fingerprint density at radius 2 is 2.26 bits per heavy atom. The first kappa shape index (κ1) is 12.6. The second-order valence-corrected chi connectivity index (χ2v) is 5.07. The van der Waals surface area contributed by atoms with Crippen molar-refractivity contribution in [3.63, 3.8) is 0 Å². The van der Waals surface area contributed by atoms with E-state index in [1.807, 2.05) is 23.1 Å². The fourth-order valence-corrected chi connectivity index (χ4v) is 2.71. The van der Waals surface area contributed by atoms with Gasteiger partial charge in [-0.25, -0.2) is 0 Å². The first-order chi connectivity index (χ1) is 9.29. The Bertz CT molecular complexity index is 490. The molecule has 0 saturated carbocycles. The van der Waals surface area contributed by atoms with Crippen molar-refractivity contribution in [2.45, 2.75) is 19.3 Å². The Balaban J connectivity index is 1.82. The summed E-state index contributed by atoms with van der Waals surface area (Å²) in [5, 5.41) is 3.27. The van der Waals surface area contributed by atoms with E-state index >= 15 is 0 Å². The maximum absolute atomic E-state index is 12.6. The summed E-state index contributed by atoms with van der Waals surface area (Å²) in [4.78, 5) is 14.5. The Labute approximate surface area is 112 Å². The smallest absolute Gasteiger partial charge is 0.254 e. The molecule has 3 rings (SSSR count). The fraction of sp³-hybridized carbons (Fsp3) is 0.500. The maximum Gasteiger partial charge on any atom is 0.254 e. The standard InChI is InChI=1S/C14H19N3O2/c15-6-13-7-16-3-4-17(13)14(18)10-1-2-11-8-19-9-12(11)5-10/h1-2,5,13,16H,3-4,6-9,15H2. The second kappa shape index (κ2) is 5.28. The second-order valence-electron chi connectivity index (χ2n) is 5.07. The third-order valence-corrected chi connectivity index (χ3v) is 3.85. The van der Waals surface area contributed by atoms with Crippen molar-refractivity contribution in [1.29, 1.82) is 0 Å². The third-order valence-electron chi connectivity index (χ3n) is 3.85. The average Bonchev–Trinajstić information content (AvgIpc) is 2.93. The molecule has 0 aliphatic carbocycles. The predicted molar refractivity (Wildman–Crippen MR) is 71.7 cm³/mol. The van der Waals surface area contributed by atoms with Crippen LogP contribution in [0.5, 0.6) is 0 Å². The monoisotopic (exact) mass is 261 g/mol. The molecule has 2 heterocycles. The Morgan fingerprint density at radius 1 is 1.42 bits per heavy atom. The lowest BCUT2D eigenvalue weighted by atomic mass is 10.0. The maximum atomic E-state index is 12.6. The van der Waals surface area contributed by atoms with E-state index in [0.717, 1.165) is 24.2 Å². The van der Waals surface area contributed by atoms with Gasteiger partial charge in [0.1, 0.15) is 0 Å². The molecule has 19 heavy (non-hydrogen) atoms. The van der Waals surface area contributed by atoms with E-state index < -0.39 is 0 Å². The van der Waals surface area contributed by atoms with Gasteiger partial charge in [-0.1, -0.05) is 6.07 Å². The van der Waals surface area contributed by atoms with Gasteiger partial charge in [0.05, 0.1) is 19.3 Å². The molecule has 0 spiro atoms. The molecule has 1 aromatic carbocycles. The zero-order valence-electron chi connectivity index (χ0n) is 10.9. The summed E-state index contributed by atoms with van der Waals surface area (Å²) in [5.41, 5.74) is 8.80. The topological polar surface area (TPSA) is 67.6 Å². The molecule has 0 bridgehead atoms. The van der Waals surface area contributed by atoms with Crippen LogP contribution in [-0.2, 0) is 18.0 Å². The van der Waals surface area contributed by atoms with Crippen LogP contribution in [0.25, 0.3) is 0 Å². The molecule has 5 heteroatoms. The number of carbonyl (C=O) groups is 1. The van der Waals surface area contributed by atoms with Gasteiger partial charge in [-0.05, 0) is 23.3 Å². The zero-order valence-corrected chi connectivity index (χ0v) is 10.9. The number of carbonyl (C=O) groups excluding carboxylic acids is 1. The summed E-state index contributed by atoms with van der Waals surface area (Å²) < 4.78 is 5.38. The molecular weight excluding hydrogens is 242 g/mol. The lowest BCUT2D eigenvalue weighted by Gasteiger charge is -2.35. The van der Waals surface area contributed by atoms with E-state index in [2.05, 4.69) is 5.32 Å². The number of nitrogens with zero attached hydrogens (tertiary/aromatic N) is 1. The molecule has 102 valence electrons. The quantitative estimate of drug-likeness (QED) is 0.792. The van der Waals surface area contributed by atoms with E-state index in [1.165, 1.54) is 5.56 Å². The van der Waals surface area contributed by atoms with Crippen LogP contribution in [0.1, 0.15) is 21.5 Å². The van der Waals surface area contributed by atoms with Crippen LogP contribution in [0.2, 0.25) is 0 Å². The predicted octanol–water partition coefficient (Wildman–Crippen LogP) is 0.0895. The van der Waals surface area contributed by atoms with Crippen molar-refractivity contribution in [3.8, 4) is 0 Å². The van der Waals surface area contributed by atoms with Crippen molar-refractivity contribution < 1.29 is 9.53 Å². The summed E-state index contributed by atoms with van der Waals surface area (Å²) in [6, 6.07) is 5.94. The van der Waals surface area contributed by atoms with E-state index in [1.54, 1.807) is 0 Å². The SMILES string of the molecule is NCC1CNCCN1C(=O)c1ccc2c(c1)COC2. The van der Waals surface area contributed by atoms with Crippen molar-refractivity contribution in [2.75, 3.05) is 26.2 Å². The number of ether oxygens (including phenoxy) is 1. The van der Waals surface area contributed by atoms with Crippen molar-refractivity contribution in [2.24, 2.45) is 5.73 Å². The highest BCUT2D eigenvalue weighted by Gasteiger charge is 2.27. The minimum atomic E-state index is 0.0756. The van der Waals surface area contributed by atoms with Crippen molar-refractivity contribution in [1.82, 2.24) is 10.2 Å². The molecule has 1 fully saturated rings. The van der Waals surface area contributed by atoms with E-state index in [-0.39, 0.29) is 11.9 Å². The molecule has 1 aromatic rings. The van der Waals surface area contributed by atoms with Gasteiger partial charge in [-0.2, -0.15) is 0 Å². The summed E-state index contributed by atoms with van der Waals surface area (Å²) in [6.07, 6.45) is 0. The van der Waals surface area contributed by atoms with Gasteiger partial charge in [0.25, 0.3) is 5.91 Å². The molecule has 5 nitrogen and oxygen atoms in total. The van der Waals surface area contributed by atoms with Gasteiger partial charge < -0.3 is 20.7 Å². The van der Waals surface area contributed by atoms with Crippen LogP contribution in [0.4, 0.5) is 0 Å². The molecule has 1 saturated heterocycles. The lowest BCUT2D eigenvalue weighted by Crippen LogP contribution is -2.56. The first-order valence-electron chi connectivity index (χ1n) is 6.71. The molecule has 2 aliphatic rings. The number of nitrogens with one attached hydrogen (secondary N) is 1. The average molecular weight is 261 g/mol. The first-order valence-corrected chi connectivity index (χ1v) is 6.71. The van der Waals surface area contributed by atoms with Gasteiger partial charge in [-0.3, -0.25) is 4.79 Å². The van der Waals surface area contributed by atoms with Crippen LogP contribution in [0.15, 0.2) is 18.2 Å².